The third kappa shape index (κ3) is 4.40. The van der Waals surface area contributed by atoms with Gasteiger partial charge >= 0.3 is 6.16 Å². The lowest BCUT2D eigenvalue weighted by Gasteiger charge is -2.25. The van der Waals surface area contributed by atoms with Crippen LogP contribution in [0.1, 0.15) is 0 Å². The number of carbonyl (C=O) groups excluding carboxylic acids is 1. The van der Waals surface area contributed by atoms with Gasteiger partial charge in [0.1, 0.15) is 13.3 Å². The molecule has 2 N–H and O–H groups in total. The molecule has 0 unspecified atom stereocenters. The molecule has 1 fully saturated rings. The van der Waals surface area contributed by atoms with Gasteiger partial charge in [-0.2, -0.15) is 0 Å². The van der Waals surface area contributed by atoms with E-state index in [1.54, 1.807) is 0 Å². The van der Waals surface area contributed by atoms with Gasteiger partial charge in [0.25, 0.3) is 0 Å². The van der Waals surface area contributed by atoms with Crippen molar-refractivity contribution in [2.45, 2.75) is 0 Å². The van der Waals surface area contributed by atoms with Crippen molar-refractivity contribution in [2.75, 3.05) is 46.2 Å². The maximum absolute atomic E-state index is 10.7. The van der Waals surface area contributed by atoms with Crippen LogP contribution in [0.15, 0.2) is 0 Å². The predicted molar refractivity (Wildman–Crippen MR) is 48.7 cm³/mol. The predicted octanol–water partition coefficient (Wildman–Crippen LogP) is -0.612. The fraction of sp³-hybridized carbons (Fsp3) is 0.875. The van der Waals surface area contributed by atoms with Gasteiger partial charge < -0.3 is 14.2 Å². The zero-order valence-electron chi connectivity index (χ0n) is 8.11. The molecule has 1 saturated heterocycles. The van der Waals surface area contributed by atoms with Crippen LogP contribution in [0.3, 0.4) is 0 Å². The van der Waals surface area contributed by atoms with Gasteiger partial charge in [-0.05, 0) is 0 Å². The van der Waals surface area contributed by atoms with Gasteiger partial charge in [0, 0.05) is 19.6 Å². The van der Waals surface area contributed by atoms with Crippen molar-refractivity contribution in [2.24, 2.45) is 5.73 Å². The van der Waals surface area contributed by atoms with Crippen molar-refractivity contribution in [3.8, 4) is 0 Å². The van der Waals surface area contributed by atoms with Crippen molar-refractivity contribution in [1.82, 2.24) is 4.90 Å². The zero-order chi connectivity index (χ0) is 10.2. The molecule has 0 spiro atoms. The Balaban J connectivity index is 1.99. The van der Waals surface area contributed by atoms with Gasteiger partial charge in [-0.25, -0.2) is 4.79 Å². The van der Waals surface area contributed by atoms with Gasteiger partial charge in [-0.1, -0.05) is 0 Å². The molecule has 1 rings (SSSR count). The molecule has 14 heavy (non-hydrogen) atoms. The van der Waals surface area contributed by atoms with Crippen molar-refractivity contribution >= 4 is 6.16 Å². The second-order valence-corrected chi connectivity index (χ2v) is 2.86. The number of carbonyl (C=O) groups is 1. The minimum atomic E-state index is -0.708. The Kier molecular flexibility index (Phi) is 5.28. The molecule has 0 aromatic rings. The van der Waals surface area contributed by atoms with Crippen LogP contribution in [0.5, 0.6) is 0 Å². The summed E-state index contributed by atoms with van der Waals surface area (Å²) in [5.41, 5.74) is 4.99. The van der Waals surface area contributed by atoms with Gasteiger partial charge in [0.15, 0.2) is 0 Å². The number of rotatable bonds is 4. The number of morpholine rings is 1. The van der Waals surface area contributed by atoms with E-state index in [9.17, 15) is 4.79 Å². The topological polar surface area (TPSA) is 74.0 Å². The molecule has 6 heteroatoms. The van der Waals surface area contributed by atoms with Gasteiger partial charge in [0.2, 0.25) is 0 Å². The lowest BCUT2D eigenvalue weighted by atomic mass is 10.4. The zero-order valence-corrected chi connectivity index (χ0v) is 8.11. The minimum Gasteiger partial charge on any atom is -0.433 e. The summed E-state index contributed by atoms with van der Waals surface area (Å²) in [6.45, 7) is 4.16. The second-order valence-electron chi connectivity index (χ2n) is 2.86. The summed E-state index contributed by atoms with van der Waals surface area (Å²) >= 11 is 0. The van der Waals surface area contributed by atoms with Crippen LogP contribution < -0.4 is 5.73 Å². The van der Waals surface area contributed by atoms with E-state index >= 15 is 0 Å². The molecule has 0 aromatic carbocycles. The number of nitrogens with two attached hydrogens (primary N) is 1. The van der Waals surface area contributed by atoms with E-state index in [0.717, 1.165) is 26.3 Å². The van der Waals surface area contributed by atoms with Crippen LogP contribution in [-0.4, -0.2) is 57.2 Å². The van der Waals surface area contributed by atoms with Crippen molar-refractivity contribution < 1.29 is 19.0 Å². The van der Waals surface area contributed by atoms with Crippen molar-refractivity contribution in [1.29, 1.82) is 0 Å². The number of hydrogen-bond acceptors (Lipinski definition) is 6. The lowest BCUT2D eigenvalue weighted by Crippen LogP contribution is -2.38. The molecular formula is C8H16N2O4. The van der Waals surface area contributed by atoms with Crippen LogP contribution in [0.4, 0.5) is 4.79 Å². The molecule has 6 nitrogen and oxygen atoms in total. The summed E-state index contributed by atoms with van der Waals surface area (Å²) in [5, 5.41) is 0. The molecule has 1 heterocycles. The fourth-order valence-corrected chi connectivity index (χ4v) is 1.19. The molecule has 0 aliphatic carbocycles. The largest absolute Gasteiger partial charge is 0.509 e. The summed E-state index contributed by atoms with van der Waals surface area (Å²) in [6, 6.07) is 0. The molecule has 0 atom stereocenters. The van der Waals surface area contributed by atoms with Crippen LogP contribution in [0, 0.1) is 0 Å². The molecule has 1 aliphatic heterocycles. The maximum atomic E-state index is 10.7. The average molecular weight is 204 g/mol. The minimum absolute atomic E-state index is 0.142. The van der Waals surface area contributed by atoms with E-state index in [2.05, 4.69) is 9.64 Å². The third-order valence-electron chi connectivity index (χ3n) is 1.93. The van der Waals surface area contributed by atoms with E-state index in [1.807, 2.05) is 0 Å². The molecular weight excluding hydrogens is 188 g/mol. The molecule has 0 radical (unpaired) electrons. The number of hydrogen-bond donors (Lipinski definition) is 1. The Morgan fingerprint density at radius 3 is 2.71 bits per heavy atom. The Bertz CT molecular complexity index is 171. The highest BCUT2D eigenvalue weighted by Crippen LogP contribution is 1.96. The molecule has 1 aliphatic rings. The highest BCUT2D eigenvalue weighted by Gasteiger charge is 2.10. The SMILES string of the molecule is NCOC(=O)OCCN1CCOCC1. The number of ether oxygens (including phenoxy) is 3. The summed E-state index contributed by atoms with van der Waals surface area (Å²) in [7, 11) is 0. The molecule has 0 saturated carbocycles. The standard InChI is InChI=1S/C8H16N2O4/c9-7-14-8(11)13-6-3-10-1-4-12-5-2-10/h1-7,9H2. The first-order valence-corrected chi connectivity index (χ1v) is 4.62. The summed E-state index contributed by atoms with van der Waals surface area (Å²) in [6.07, 6.45) is -0.708. The number of nitrogens with zero attached hydrogens (tertiary/aromatic N) is 1. The highest BCUT2D eigenvalue weighted by atomic mass is 16.7. The molecule has 0 aromatic heterocycles. The van der Waals surface area contributed by atoms with E-state index in [0.29, 0.717) is 13.2 Å². The Morgan fingerprint density at radius 1 is 1.36 bits per heavy atom. The first-order valence-electron chi connectivity index (χ1n) is 4.62. The van der Waals surface area contributed by atoms with Gasteiger partial charge in [0.05, 0.1) is 13.2 Å². The summed E-state index contributed by atoms with van der Waals surface area (Å²) in [5.74, 6) is 0. The van der Waals surface area contributed by atoms with Crippen molar-refractivity contribution in [3.63, 3.8) is 0 Å². The normalized spacial score (nSPS) is 17.8. The quantitative estimate of drug-likeness (QED) is 0.486. The van der Waals surface area contributed by atoms with Crippen molar-refractivity contribution in [3.05, 3.63) is 0 Å². The Hall–Kier alpha value is -0.850. The molecule has 0 amide bonds. The van der Waals surface area contributed by atoms with Gasteiger partial charge in [-0.15, -0.1) is 0 Å². The molecule has 0 bridgehead atoms. The van der Waals surface area contributed by atoms with Gasteiger partial charge in [-0.3, -0.25) is 10.6 Å². The summed E-state index contributed by atoms with van der Waals surface area (Å²) in [4.78, 5) is 12.9. The first-order chi connectivity index (χ1) is 6.83. The summed E-state index contributed by atoms with van der Waals surface area (Å²) < 4.78 is 14.3. The van der Waals surface area contributed by atoms with Crippen LogP contribution in [0.2, 0.25) is 0 Å². The van der Waals surface area contributed by atoms with E-state index < -0.39 is 6.16 Å². The molecule has 82 valence electrons. The monoisotopic (exact) mass is 204 g/mol. The van der Waals surface area contributed by atoms with E-state index in [-0.39, 0.29) is 6.73 Å². The maximum Gasteiger partial charge on any atom is 0.509 e. The van der Waals surface area contributed by atoms with E-state index in [1.165, 1.54) is 0 Å². The fourth-order valence-electron chi connectivity index (χ4n) is 1.19. The smallest absolute Gasteiger partial charge is 0.433 e. The van der Waals surface area contributed by atoms with Crippen LogP contribution in [0.25, 0.3) is 0 Å². The average Bonchev–Trinajstić information content (AvgIpc) is 2.20. The van der Waals surface area contributed by atoms with E-state index in [4.69, 9.17) is 15.2 Å². The van der Waals surface area contributed by atoms with Crippen LogP contribution >= 0.6 is 0 Å². The Labute approximate surface area is 82.9 Å². The van der Waals surface area contributed by atoms with Crippen LogP contribution in [-0.2, 0) is 14.2 Å². The third-order valence-corrected chi connectivity index (χ3v) is 1.93. The Morgan fingerprint density at radius 2 is 2.07 bits per heavy atom. The lowest BCUT2D eigenvalue weighted by molar-refractivity contribution is 0.0164. The highest BCUT2D eigenvalue weighted by molar-refractivity contribution is 5.59. The first kappa shape index (κ1) is 11.2. The second kappa shape index (κ2) is 6.58.